The molecule has 0 spiro atoms. The molecule has 0 aromatic rings. The SMILES string of the molecule is [NH3+]CC1([N+](=O)[O-])CN([N+](=O)[O-])CN([N+](=O)[O-])C1. The summed E-state index contributed by atoms with van der Waals surface area (Å²) in [5, 5.41) is 31.2. The van der Waals surface area contributed by atoms with E-state index in [9.17, 15) is 30.3 Å². The second-order valence-corrected chi connectivity index (χ2v) is 3.68. The van der Waals surface area contributed by atoms with E-state index in [-0.39, 0.29) is 6.54 Å². The van der Waals surface area contributed by atoms with Gasteiger partial charge in [0.2, 0.25) is 6.67 Å². The molecule has 0 bridgehead atoms. The van der Waals surface area contributed by atoms with Crippen LogP contribution in [-0.4, -0.2) is 56.8 Å². The van der Waals surface area contributed by atoms with Crippen LogP contribution in [0.5, 0.6) is 0 Å². The molecule has 0 aromatic heterocycles. The van der Waals surface area contributed by atoms with Crippen LogP contribution in [0.25, 0.3) is 0 Å². The van der Waals surface area contributed by atoms with Crippen molar-refractivity contribution in [2.24, 2.45) is 0 Å². The van der Waals surface area contributed by atoms with E-state index < -0.39 is 40.3 Å². The van der Waals surface area contributed by atoms with E-state index in [4.69, 9.17) is 0 Å². The number of nitrogens with zero attached hydrogens (tertiary/aromatic N) is 5. The smallest absolute Gasteiger partial charge is 0.315 e. The van der Waals surface area contributed by atoms with E-state index in [1.54, 1.807) is 0 Å². The molecule has 3 N–H and O–H groups in total. The van der Waals surface area contributed by atoms with Gasteiger partial charge in [-0.15, -0.1) is 0 Å². The molecule has 17 heavy (non-hydrogen) atoms. The van der Waals surface area contributed by atoms with Gasteiger partial charge in [0.1, 0.15) is 6.54 Å². The highest BCUT2D eigenvalue weighted by Crippen LogP contribution is 2.18. The molecule has 1 aliphatic rings. The molecule has 0 atom stereocenters. The van der Waals surface area contributed by atoms with Gasteiger partial charge in [0.05, 0.1) is 0 Å². The summed E-state index contributed by atoms with van der Waals surface area (Å²) in [5.74, 6) is 0. The number of hydrazine groups is 2. The average Bonchev–Trinajstić information content (AvgIpc) is 2.27. The summed E-state index contributed by atoms with van der Waals surface area (Å²) in [7, 11) is 0. The van der Waals surface area contributed by atoms with Gasteiger partial charge in [0, 0.05) is 4.92 Å². The Hall–Kier alpha value is -2.24. The van der Waals surface area contributed by atoms with Gasteiger partial charge in [-0.2, -0.15) is 0 Å². The number of quaternary nitrogens is 1. The summed E-state index contributed by atoms with van der Waals surface area (Å²) in [6.07, 6.45) is 0. The summed E-state index contributed by atoms with van der Waals surface area (Å²) in [6.45, 7) is -1.86. The standard InChI is InChI=1S/C5H10N6O6/c6-1-5(9(12)13)2-7(10(14)15)4-8(3-5)11(16)17/h1-4,6H2/p+1. The molecule has 0 aromatic carbocycles. The summed E-state index contributed by atoms with van der Waals surface area (Å²) in [4.78, 5) is 31.3. The van der Waals surface area contributed by atoms with Crippen molar-refractivity contribution in [3.05, 3.63) is 30.3 Å². The zero-order valence-corrected chi connectivity index (χ0v) is 8.72. The van der Waals surface area contributed by atoms with Crippen LogP contribution in [0.15, 0.2) is 0 Å². The van der Waals surface area contributed by atoms with Gasteiger partial charge in [-0.1, -0.05) is 10.0 Å². The molecular formula is C5H11N6O6+. The molecule has 0 radical (unpaired) electrons. The minimum atomic E-state index is -1.79. The van der Waals surface area contributed by atoms with Crippen molar-refractivity contribution in [1.82, 2.24) is 10.0 Å². The third-order valence-electron chi connectivity index (χ3n) is 2.59. The lowest BCUT2D eigenvalue weighted by Gasteiger charge is -2.32. The molecule has 1 aliphatic heterocycles. The third-order valence-corrected chi connectivity index (χ3v) is 2.59. The van der Waals surface area contributed by atoms with E-state index in [2.05, 4.69) is 5.73 Å². The molecule has 0 saturated carbocycles. The van der Waals surface area contributed by atoms with E-state index >= 15 is 0 Å². The first kappa shape index (κ1) is 12.8. The van der Waals surface area contributed by atoms with Crippen molar-refractivity contribution in [3.8, 4) is 0 Å². The highest BCUT2D eigenvalue weighted by Gasteiger charge is 2.56. The highest BCUT2D eigenvalue weighted by molar-refractivity contribution is 4.85. The van der Waals surface area contributed by atoms with Crippen LogP contribution in [-0.2, 0) is 0 Å². The predicted octanol–water partition coefficient (Wildman–Crippen LogP) is -2.80. The first-order chi connectivity index (χ1) is 7.82. The highest BCUT2D eigenvalue weighted by atomic mass is 16.7. The maximum Gasteiger partial charge on any atom is 0.315 e. The Morgan fingerprint density at radius 1 is 1.06 bits per heavy atom. The molecular weight excluding hydrogens is 240 g/mol. The predicted molar refractivity (Wildman–Crippen MR) is 49.7 cm³/mol. The largest absolute Gasteiger partial charge is 0.351 e. The van der Waals surface area contributed by atoms with E-state index in [0.717, 1.165) is 0 Å². The lowest BCUT2D eigenvalue weighted by Crippen LogP contribution is -2.74. The van der Waals surface area contributed by atoms with Gasteiger partial charge in [0.25, 0.3) is 0 Å². The Bertz CT molecular complexity index is 337. The Labute approximate surface area is 94.0 Å². The maximum atomic E-state index is 10.9. The summed E-state index contributed by atoms with van der Waals surface area (Å²) >= 11 is 0. The summed E-state index contributed by atoms with van der Waals surface area (Å²) < 4.78 is 0. The quantitative estimate of drug-likeness (QED) is 0.413. The molecule has 0 unspecified atom stereocenters. The van der Waals surface area contributed by atoms with Crippen molar-refractivity contribution < 1.29 is 20.7 Å². The molecule has 1 rings (SSSR count). The second kappa shape index (κ2) is 4.32. The molecule has 1 fully saturated rings. The van der Waals surface area contributed by atoms with Crippen LogP contribution in [0.1, 0.15) is 0 Å². The third kappa shape index (κ3) is 2.30. The number of nitro groups is 3. The zero-order valence-electron chi connectivity index (χ0n) is 8.72. The van der Waals surface area contributed by atoms with Gasteiger partial charge in [0.15, 0.2) is 23.2 Å². The number of hydrogen-bond donors (Lipinski definition) is 1. The normalized spacial score (nSPS) is 18.9. The topological polar surface area (TPSA) is 164 Å². The van der Waals surface area contributed by atoms with Crippen LogP contribution < -0.4 is 5.73 Å². The van der Waals surface area contributed by atoms with Crippen LogP contribution in [0.3, 0.4) is 0 Å². The van der Waals surface area contributed by atoms with Crippen molar-refractivity contribution in [2.45, 2.75) is 5.54 Å². The summed E-state index contributed by atoms with van der Waals surface area (Å²) in [6, 6.07) is 0. The monoisotopic (exact) mass is 251 g/mol. The fraction of sp³-hybridized carbons (Fsp3) is 1.00. The van der Waals surface area contributed by atoms with Gasteiger partial charge in [-0.3, -0.25) is 10.1 Å². The lowest BCUT2D eigenvalue weighted by atomic mass is 9.99. The first-order valence-corrected chi connectivity index (χ1v) is 4.54. The van der Waals surface area contributed by atoms with E-state index in [1.165, 1.54) is 0 Å². The maximum absolute atomic E-state index is 10.9. The van der Waals surface area contributed by atoms with Crippen LogP contribution in [0.2, 0.25) is 0 Å². The Balaban J connectivity index is 3.03. The fourth-order valence-electron chi connectivity index (χ4n) is 1.60. The molecule has 0 amide bonds. The Morgan fingerprint density at radius 2 is 1.47 bits per heavy atom. The fourth-order valence-corrected chi connectivity index (χ4v) is 1.60. The van der Waals surface area contributed by atoms with Crippen molar-refractivity contribution >= 4 is 0 Å². The van der Waals surface area contributed by atoms with Gasteiger partial charge in [-0.05, 0) is 0 Å². The minimum absolute atomic E-state index is 0.269. The van der Waals surface area contributed by atoms with Crippen molar-refractivity contribution in [2.75, 3.05) is 26.3 Å². The lowest BCUT2D eigenvalue weighted by molar-refractivity contribution is -0.748. The molecule has 0 aliphatic carbocycles. The van der Waals surface area contributed by atoms with Gasteiger partial charge in [-0.25, -0.2) is 20.2 Å². The molecule has 12 nitrogen and oxygen atoms in total. The Morgan fingerprint density at radius 3 is 1.71 bits per heavy atom. The average molecular weight is 251 g/mol. The Kier molecular flexibility index (Phi) is 3.26. The molecule has 1 saturated heterocycles. The van der Waals surface area contributed by atoms with Crippen LogP contribution in [0.4, 0.5) is 0 Å². The zero-order chi connectivity index (χ0) is 13.2. The van der Waals surface area contributed by atoms with E-state index in [0.29, 0.717) is 10.0 Å². The van der Waals surface area contributed by atoms with Gasteiger partial charge >= 0.3 is 5.54 Å². The molecule has 12 heteroatoms. The number of hydrogen-bond acceptors (Lipinski definition) is 6. The van der Waals surface area contributed by atoms with Crippen molar-refractivity contribution in [3.63, 3.8) is 0 Å². The van der Waals surface area contributed by atoms with Crippen LogP contribution in [0, 0.1) is 30.3 Å². The molecule has 96 valence electrons. The summed E-state index contributed by atoms with van der Waals surface area (Å²) in [5.41, 5.74) is 1.56. The van der Waals surface area contributed by atoms with Gasteiger partial charge < -0.3 is 5.73 Å². The molecule has 1 heterocycles. The minimum Gasteiger partial charge on any atom is -0.351 e. The number of rotatable bonds is 4. The second-order valence-electron chi connectivity index (χ2n) is 3.68. The van der Waals surface area contributed by atoms with Crippen LogP contribution >= 0.6 is 0 Å². The van der Waals surface area contributed by atoms with Crippen molar-refractivity contribution in [1.29, 1.82) is 0 Å². The van der Waals surface area contributed by atoms with E-state index in [1.807, 2.05) is 0 Å². The first-order valence-electron chi connectivity index (χ1n) is 4.54.